The van der Waals surface area contributed by atoms with Crippen LogP contribution in [-0.2, 0) is 16.1 Å². The Morgan fingerprint density at radius 1 is 1.58 bits per heavy atom. The molecule has 0 spiro atoms. The van der Waals surface area contributed by atoms with Crippen molar-refractivity contribution in [3.63, 3.8) is 0 Å². The van der Waals surface area contributed by atoms with E-state index in [2.05, 4.69) is 10.3 Å². The van der Waals surface area contributed by atoms with Crippen molar-refractivity contribution in [2.45, 2.75) is 26.1 Å². The minimum atomic E-state index is -1.23. The zero-order chi connectivity index (χ0) is 17.9. The molecule has 0 aliphatic rings. The van der Waals surface area contributed by atoms with Crippen molar-refractivity contribution in [3.8, 4) is 11.9 Å². The normalized spacial score (nSPS) is 12.9. The maximum atomic E-state index is 11.2. The van der Waals surface area contributed by atoms with Crippen LogP contribution in [0.25, 0.3) is 0 Å². The summed E-state index contributed by atoms with van der Waals surface area (Å²) in [6.07, 6.45) is 3.24. The van der Waals surface area contributed by atoms with Gasteiger partial charge in [-0.15, -0.1) is 11.8 Å². The SMILES string of the molecule is CCOC(CC(SC)=C(C#N)C(=O)O)NCc1cccnc1OC. The third-order valence-corrected chi connectivity index (χ3v) is 4.02. The lowest BCUT2D eigenvalue weighted by Gasteiger charge is -2.20. The monoisotopic (exact) mass is 351 g/mol. The molecule has 1 aromatic heterocycles. The lowest BCUT2D eigenvalue weighted by atomic mass is 10.2. The van der Waals surface area contributed by atoms with E-state index < -0.39 is 12.2 Å². The van der Waals surface area contributed by atoms with Gasteiger partial charge in [-0.1, -0.05) is 6.07 Å². The number of methoxy groups -OCH3 is 1. The van der Waals surface area contributed by atoms with Gasteiger partial charge in [0.25, 0.3) is 0 Å². The largest absolute Gasteiger partial charge is 0.481 e. The van der Waals surface area contributed by atoms with Gasteiger partial charge in [0.1, 0.15) is 17.9 Å². The van der Waals surface area contributed by atoms with E-state index in [9.17, 15) is 4.79 Å². The van der Waals surface area contributed by atoms with E-state index in [0.29, 0.717) is 23.9 Å². The van der Waals surface area contributed by atoms with Crippen molar-refractivity contribution in [1.82, 2.24) is 10.3 Å². The number of ether oxygens (including phenoxy) is 2. The first-order chi connectivity index (χ1) is 11.6. The summed E-state index contributed by atoms with van der Waals surface area (Å²) in [7, 11) is 1.55. The van der Waals surface area contributed by atoms with Crippen LogP contribution in [0.2, 0.25) is 0 Å². The first-order valence-electron chi connectivity index (χ1n) is 7.30. The zero-order valence-electron chi connectivity index (χ0n) is 13.9. The van der Waals surface area contributed by atoms with Crippen molar-refractivity contribution >= 4 is 17.7 Å². The molecule has 7 nitrogen and oxygen atoms in total. The molecular weight excluding hydrogens is 330 g/mol. The molecule has 1 atom stereocenters. The van der Waals surface area contributed by atoms with Crippen molar-refractivity contribution in [1.29, 1.82) is 5.26 Å². The van der Waals surface area contributed by atoms with Gasteiger partial charge in [0.15, 0.2) is 0 Å². The van der Waals surface area contributed by atoms with Gasteiger partial charge in [0, 0.05) is 36.2 Å². The number of aromatic nitrogens is 1. The van der Waals surface area contributed by atoms with E-state index in [1.165, 1.54) is 11.8 Å². The molecule has 0 bridgehead atoms. The fourth-order valence-corrected chi connectivity index (χ4v) is 2.70. The first kappa shape index (κ1) is 20.0. The third kappa shape index (κ3) is 5.85. The molecule has 1 unspecified atom stereocenters. The summed E-state index contributed by atoms with van der Waals surface area (Å²) in [5, 5.41) is 21.3. The fraction of sp³-hybridized carbons (Fsp3) is 0.438. The van der Waals surface area contributed by atoms with Crippen LogP contribution in [0, 0.1) is 11.3 Å². The van der Waals surface area contributed by atoms with E-state index in [-0.39, 0.29) is 12.0 Å². The predicted octanol–water partition coefficient (Wildman–Crippen LogP) is 2.16. The molecule has 0 radical (unpaired) electrons. The second kappa shape index (κ2) is 10.6. The number of carboxylic acids is 1. The number of carbonyl (C=O) groups is 1. The second-order valence-electron chi connectivity index (χ2n) is 4.62. The molecule has 0 aliphatic carbocycles. The average Bonchev–Trinajstić information content (AvgIpc) is 2.59. The molecule has 1 rings (SSSR count). The number of carboxylic acid groups (broad SMARTS) is 1. The van der Waals surface area contributed by atoms with Crippen LogP contribution >= 0.6 is 11.8 Å². The van der Waals surface area contributed by atoms with Gasteiger partial charge in [-0.3, -0.25) is 5.32 Å². The maximum absolute atomic E-state index is 11.2. The highest BCUT2D eigenvalue weighted by atomic mass is 32.2. The number of hydrogen-bond acceptors (Lipinski definition) is 7. The Balaban J connectivity index is 2.87. The molecule has 1 heterocycles. The Kier molecular flexibility index (Phi) is 8.86. The number of hydrogen-bond donors (Lipinski definition) is 2. The Bertz CT molecular complexity index is 628. The lowest BCUT2D eigenvalue weighted by molar-refractivity contribution is -0.132. The minimum Gasteiger partial charge on any atom is -0.481 e. The molecule has 130 valence electrons. The van der Waals surface area contributed by atoms with E-state index in [1.807, 2.05) is 13.0 Å². The minimum absolute atomic E-state index is 0.257. The number of aliphatic carboxylic acids is 1. The van der Waals surface area contributed by atoms with Gasteiger partial charge in [0.2, 0.25) is 5.88 Å². The van der Waals surface area contributed by atoms with Crippen LogP contribution in [0.3, 0.4) is 0 Å². The van der Waals surface area contributed by atoms with E-state index in [1.54, 1.807) is 31.7 Å². The number of rotatable bonds is 10. The first-order valence-corrected chi connectivity index (χ1v) is 8.53. The van der Waals surface area contributed by atoms with Crippen LogP contribution in [0.5, 0.6) is 5.88 Å². The van der Waals surface area contributed by atoms with Gasteiger partial charge < -0.3 is 14.6 Å². The summed E-state index contributed by atoms with van der Waals surface area (Å²) < 4.78 is 10.8. The quantitative estimate of drug-likeness (QED) is 0.375. The van der Waals surface area contributed by atoms with Gasteiger partial charge in [-0.2, -0.15) is 5.26 Å². The molecule has 0 aromatic carbocycles. The van der Waals surface area contributed by atoms with Gasteiger partial charge in [-0.25, -0.2) is 9.78 Å². The van der Waals surface area contributed by atoms with E-state index in [0.717, 1.165) is 5.56 Å². The van der Waals surface area contributed by atoms with Crippen LogP contribution in [0.15, 0.2) is 28.8 Å². The summed E-state index contributed by atoms with van der Waals surface area (Å²) in [5.74, 6) is -0.713. The zero-order valence-corrected chi connectivity index (χ0v) is 14.7. The molecule has 8 heteroatoms. The third-order valence-electron chi connectivity index (χ3n) is 3.15. The summed E-state index contributed by atoms with van der Waals surface area (Å²) in [5.41, 5.74) is 0.603. The van der Waals surface area contributed by atoms with E-state index in [4.69, 9.17) is 19.8 Å². The molecule has 0 saturated carbocycles. The number of nitrogens with one attached hydrogen (secondary N) is 1. The summed E-state index contributed by atoms with van der Waals surface area (Å²) in [4.78, 5) is 15.7. The predicted molar refractivity (Wildman–Crippen MR) is 91.4 cm³/mol. The Morgan fingerprint density at radius 3 is 2.88 bits per heavy atom. The van der Waals surface area contributed by atoms with Crippen LogP contribution in [0.4, 0.5) is 0 Å². The molecule has 0 amide bonds. The molecule has 0 saturated heterocycles. The maximum Gasteiger partial charge on any atom is 0.347 e. The lowest BCUT2D eigenvalue weighted by Crippen LogP contribution is -2.32. The number of nitriles is 1. The number of pyridine rings is 1. The molecule has 2 N–H and O–H groups in total. The van der Waals surface area contributed by atoms with Gasteiger partial charge >= 0.3 is 5.97 Å². The second-order valence-corrected chi connectivity index (χ2v) is 5.52. The molecule has 24 heavy (non-hydrogen) atoms. The Hall–Kier alpha value is -2.08. The van der Waals surface area contributed by atoms with E-state index >= 15 is 0 Å². The summed E-state index contributed by atoms with van der Waals surface area (Å²) in [6.45, 7) is 2.75. The molecule has 0 fully saturated rings. The molecular formula is C16H21N3O4S. The van der Waals surface area contributed by atoms with Crippen molar-refractivity contribution in [2.75, 3.05) is 20.0 Å². The number of thioether (sulfide) groups is 1. The summed E-state index contributed by atoms with van der Waals surface area (Å²) in [6, 6.07) is 5.42. The Morgan fingerprint density at radius 2 is 2.33 bits per heavy atom. The van der Waals surface area contributed by atoms with Crippen molar-refractivity contribution in [3.05, 3.63) is 34.4 Å². The Labute approximate surface area is 145 Å². The van der Waals surface area contributed by atoms with Crippen LogP contribution in [0.1, 0.15) is 18.9 Å². The number of nitrogens with zero attached hydrogens (tertiary/aromatic N) is 2. The topological polar surface area (TPSA) is 104 Å². The van der Waals surface area contributed by atoms with Gasteiger partial charge in [-0.05, 0) is 19.2 Å². The highest BCUT2D eigenvalue weighted by Crippen LogP contribution is 2.23. The molecule has 1 aromatic rings. The fourth-order valence-electron chi connectivity index (χ4n) is 2.04. The highest BCUT2D eigenvalue weighted by molar-refractivity contribution is 8.02. The van der Waals surface area contributed by atoms with Crippen molar-refractivity contribution < 1.29 is 19.4 Å². The average molecular weight is 351 g/mol. The highest BCUT2D eigenvalue weighted by Gasteiger charge is 2.19. The smallest absolute Gasteiger partial charge is 0.347 e. The van der Waals surface area contributed by atoms with Gasteiger partial charge in [0.05, 0.1) is 7.11 Å². The van der Waals surface area contributed by atoms with Crippen molar-refractivity contribution in [2.24, 2.45) is 0 Å². The molecule has 0 aliphatic heterocycles. The van der Waals surface area contributed by atoms with Crippen LogP contribution in [-0.4, -0.2) is 42.3 Å². The van der Waals surface area contributed by atoms with Crippen LogP contribution < -0.4 is 10.1 Å². The standard InChI is InChI=1S/C16H21N3O4S/c1-4-23-14(8-13(24-3)12(9-17)16(20)21)19-10-11-6-5-7-18-15(11)22-2/h5-7,14,19H,4,8,10H2,1-3H3,(H,20,21). The summed E-state index contributed by atoms with van der Waals surface area (Å²) >= 11 is 1.23.